The molecule has 0 aliphatic carbocycles. The third-order valence-electron chi connectivity index (χ3n) is 3.51. The summed E-state index contributed by atoms with van der Waals surface area (Å²) in [5.41, 5.74) is 2.81. The van der Waals surface area contributed by atoms with Crippen molar-refractivity contribution in [3.05, 3.63) is 23.3 Å². The van der Waals surface area contributed by atoms with E-state index in [1.165, 1.54) is 0 Å². The lowest BCUT2D eigenvalue weighted by Gasteiger charge is -2.28. The third-order valence-corrected chi connectivity index (χ3v) is 5.36. The van der Waals surface area contributed by atoms with E-state index in [0.717, 1.165) is 16.8 Å². The standard InChI is InChI=1S/C13H19NO3S/c1-9-5-6-12-13(10(9)2)14-11(4-3-7-15)8-18(12,16)17/h5-6,11,14-15H,3-4,7-8H2,1-2H3. The Labute approximate surface area is 108 Å². The lowest BCUT2D eigenvalue weighted by Crippen LogP contribution is -2.35. The average Bonchev–Trinajstić information content (AvgIpc) is 2.31. The molecule has 5 heteroatoms. The van der Waals surface area contributed by atoms with Crippen LogP contribution in [0.3, 0.4) is 0 Å². The molecule has 4 nitrogen and oxygen atoms in total. The van der Waals surface area contributed by atoms with Crippen molar-refractivity contribution in [1.82, 2.24) is 0 Å². The molecule has 18 heavy (non-hydrogen) atoms. The molecule has 1 aliphatic rings. The highest BCUT2D eigenvalue weighted by molar-refractivity contribution is 7.91. The van der Waals surface area contributed by atoms with Gasteiger partial charge in [0.05, 0.1) is 16.3 Å². The molecule has 2 rings (SSSR count). The molecule has 1 aromatic carbocycles. The molecular formula is C13H19NO3S. The number of aliphatic hydroxyl groups excluding tert-OH is 1. The van der Waals surface area contributed by atoms with E-state index < -0.39 is 9.84 Å². The molecule has 0 spiro atoms. The van der Waals surface area contributed by atoms with Gasteiger partial charge in [-0.2, -0.15) is 0 Å². The van der Waals surface area contributed by atoms with Crippen LogP contribution in [0.2, 0.25) is 0 Å². The minimum absolute atomic E-state index is 0.0951. The Morgan fingerprint density at radius 3 is 2.78 bits per heavy atom. The quantitative estimate of drug-likeness (QED) is 0.875. The summed E-state index contributed by atoms with van der Waals surface area (Å²) in [6.45, 7) is 4.00. The first-order valence-corrected chi connectivity index (χ1v) is 7.81. The van der Waals surface area contributed by atoms with Crippen LogP contribution >= 0.6 is 0 Å². The molecule has 0 fully saturated rings. The van der Waals surface area contributed by atoms with Crippen LogP contribution in [-0.4, -0.2) is 31.9 Å². The number of aryl methyl sites for hydroxylation is 1. The van der Waals surface area contributed by atoms with Crippen LogP contribution in [0.1, 0.15) is 24.0 Å². The van der Waals surface area contributed by atoms with E-state index in [1.807, 2.05) is 19.9 Å². The van der Waals surface area contributed by atoms with E-state index in [2.05, 4.69) is 5.32 Å². The van der Waals surface area contributed by atoms with Crippen LogP contribution in [0.4, 0.5) is 5.69 Å². The van der Waals surface area contributed by atoms with Gasteiger partial charge in [0, 0.05) is 12.6 Å². The van der Waals surface area contributed by atoms with Crippen LogP contribution in [0.25, 0.3) is 0 Å². The molecule has 0 radical (unpaired) electrons. The molecule has 0 aromatic heterocycles. The number of anilines is 1. The summed E-state index contributed by atoms with van der Waals surface area (Å²) >= 11 is 0. The largest absolute Gasteiger partial charge is 0.396 e. The number of nitrogens with one attached hydrogen (secondary N) is 1. The van der Waals surface area contributed by atoms with Crippen LogP contribution in [0, 0.1) is 13.8 Å². The van der Waals surface area contributed by atoms with Gasteiger partial charge in [0.25, 0.3) is 0 Å². The number of benzene rings is 1. The fourth-order valence-electron chi connectivity index (χ4n) is 2.32. The molecule has 0 amide bonds. The highest BCUT2D eigenvalue weighted by atomic mass is 32.2. The van der Waals surface area contributed by atoms with E-state index in [9.17, 15) is 8.42 Å². The molecule has 1 heterocycles. The highest BCUT2D eigenvalue weighted by Crippen LogP contribution is 2.33. The van der Waals surface area contributed by atoms with E-state index in [0.29, 0.717) is 17.7 Å². The Morgan fingerprint density at radius 1 is 1.39 bits per heavy atom. The first kappa shape index (κ1) is 13.4. The van der Waals surface area contributed by atoms with Crippen LogP contribution in [0.15, 0.2) is 17.0 Å². The Morgan fingerprint density at radius 2 is 2.11 bits per heavy atom. The van der Waals surface area contributed by atoms with Gasteiger partial charge in [0.2, 0.25) is 0 Å². The number of rotatable bonds is 3. The predicted octanol–water partition coefficient (Wildman–Crippen LogP) is 1.64. The van der Waals surface area contributed by atoms with Gasteiger partial charge in [-0.1, -0.05) is 6.07 Å². The Hall–Kier alpha value is -1.07. The van der Waals surface area contributed by atoms with Crippen LogP contribution < -0.4 is 5.32 Å². The van der Waals surface area contributed by atoms with Crippen molar-refractivity contribution in [2.75, 3.05) is 17.7 Å². The van der Waals surface area contributed by atoms with Gasteiger partial charge in [0.15, 0.2) is 9.84 Å². The maximum atomic E-state index is 12.2. The van der Waals surface area contributed by atoms with Crippen molar-refractivity contribution >= 4 is 15.5 Å². The second kappa shape index (κ2) is 4.90. The number of fused-ring (bicyclic) bond motifs is 1. The fourth-order valence-corrected chi connectivity index (χ4v) is 4.08. The van der Waals surface area contributed by atoms with Crippen LogP contribution in [0.5, 0.6) is 0 Å². The van der Waals surface area contributed by atoms with E-state index in [1.54, 1.807) is 6.07 Å². The molecular weight excluding hydrogens is 250 g/mol. The smallest absolute Gasteiger partial charge is 0.182 e. The lowest BCUT2D eigenvalue weighted by atomic mass is 10.1. The molecule has 0 bridgehead atoms. The topological polar surface area (TPSA) is 66.4 Å². The lowest BCUT2D eigenvalue weighted by molar-refractivity contribution is 0.282. The molecule has 1 atom stereocenters. The van der Waals surface area contributed by atoms with Crippen molar-refractivity contribution in [2.45, 2.75) is 37.6 Å². The van der Waals surface area contributed by atoms with Gasteiger partial charge in [-0.15, -0.1) is 0 Å². The number of hydrogen-bond donors (Lipinski definition) is 2. The van der Waals surface area contributed by atoms with E-state index in [4.69, 9.17) is 5.11 Å². The zero-order valence-electron chi connectivity index (χ0n) is 10.7. The minimum Gasteiger partial charge on any atom is -0.396 e. The van der Waals surface area contributed by atoms with Gasteiger partial charge in [-0.25, -0.2) is 8.42 Å². The molecule has 0 saturated carbocycles. The predicted molar refractivity (Wildman–Crippen MR) is 71.7 cm³/mol. The maximum absolute atomic E-state index is 12.2. The minimum atomic E-state index is -3.21. The van der Waals surface area contributed by atoms with Gasteiger partial charge >= 0.3 is 0 Å². The maximum Gasteiger partial charge on any atom is 0.182 e. The Bertz CT molecular complexity index is 552. The first-order valence-electron chi connectivity index (χ1n) is 6.16. The normalized spacial score (nSPS) is 21.2. The van der Waals surface area contributed by atoms with Crippen molar-refractivity contribution in [3.63, 3.8) is 0 Å². The van der Waals surface area contributed by atoms with Crippen molar-refractivity contribution < 1.29 is 13.5 Å². The SMILES string of the molecule is Cc1ccc2c(c1C)NC(CCCO)CS2(=O)=O. The zero-order valence-corrected chi connectivity index (χ0v) is 11.5. The third kappa shape index (κ3) is 2.37. The summed E-state index contributed by atoms with van der Waals surface area (Å²) in [6, 6.07) is 3.43. The van der Waals surface area contributed by atoms with Gasteiger partial charge in [-0.05, 0) is 43.9 Å². The average molecular weight is 269 g/mol. The Kier molecular flexibility index (Phi) is 3.64. The second-order valence-electron chi connectivity index (χ2n) is 4.87. The molecule has 1 aromatic rings. The van der Waals surface area contributed by atoms with Crippen molar-refractivity contribution in [1.29, 1.82) is 0 Å². The first-order chi connectivity index (χ1) is 8.45. The van der Waals surface area contributed by atoms with Gasteiger partial charge in [0.1, 0.15) is 0 Å². The van der Waals surface area contributed by atoms with E-state index >= 15 is 0 Å². The van der Waals surface area contributed by atoms with Gasteiger partial charge < -0.3 is 10.4 Å². The monoisotopic (exact) mass is 269 g/mol. The van der Waals surface area contributed by atoms with Crippen molar-refractivity contribution in [2.24, 2.45) is 0 Å². The number of aliphatic hydroxyl groups is 1. The zero-order chi connectivity index (χ0) is 13.3. The summed E-state index contributed by atoms with van der Waals surface area (Å²) in [6.07, 6.45) is 1.29. The van der Waals surface area contributed by atoms with Gasteiger partial charge in [-0.3, -0.25) is 0 Å². The fraction of sp³-hybridized carbons (Fsp3) is 0.538. The summed E-state index contributed by atoms with van der Waals surface area (Å²) in [4.78, 5) is 0.408. The van der Waals surface area contributed by atoms with E-state index in [-0.39, 0.29) is 18.4 Å². The Balaban J connectivity index is 2.41. The molecule has 2 N–H and O–H groups in total. The molecule has 1 aliphatic heterocycles. The summed E-state index contributed by atoms with van der Waals surface area (Å²) < 4.78 is 24.4. The van der Waals surface area contributed by atoms with Crippen LogP contribution in [-0.2, 0) is 9.84 Å². The summed E-state index contributed by atoms with van der Waals surface area (Å²) in [7, 11) is -3.21. The van der Waals surface area contributed by atoms with Crippen molar-refractivity contribution in [3.8, 4) is 0 Å². The molecule has 100 valence electrons. The summed E-state index contributed by atoms with van der Waals surface area (Å²) in [5, 5.41) is 12.1. The number of sulfone groups is 1. The highest BCUT2D eigenvalue weighted by Gasteiger charge is 2.30. The molecule has 1 unspecified atom stereocenters. The second-order valence-corrected chi connectivity index (χ2v) is 6.87. The number of hydrogen-bond acceptors (Lipinski definition) is 4. The molecule has 0 saturated heterocycles. The summed E-state index contributed by atoms with van der Waals surface area (Å²) in [5.74, 6) is 0.114.